The predicted octanol–water partition coefficient (Wildman–Crippen LogP) is 4.86. The van der Waals surface area contributed by atoms with Gasteiger partial charge in [0.1, 0.15) is 0 Å². The van der Waals surface area contributed by atoms with Crippen molar-refractivity contribution in [2.45, 2.75) is 20.8 Å². The SMILES string of the molecule is CCN(CC)c1cccc(C(=O)Nc2cc(-c3ccccc3C)ccc2/C(N)=N/O)c1. The topological polar surface area (TPSA) is 91.0 Å². The van der Waals surface area contributed by atoms with Gasteiger partial charge in [0.2, 0.25) is 0 Å². The molecule has 0 fully saturated rings. The molecule has 0 unspecified atom stereocenters. The second kappa shape index (κ2) is 9.80. The van der Waals surface area contributed by atoms with Crippen LogP contribution in [0.25, 0.3) is 11.1 Å². The zero-order valence-electron chi connectivity index (χ0n) is 18.1. The molecule has 0 radical (unpaired) electrons. The van der Waals surface area contributed by atoms with Crippen LogP contribution >= 0.6 is 0 Å². The minimum Gasteiger partial charge on any atom is -0.409 e. The summed E-state index contributed by atoms with van der Waals surface area (Å²) in [6, 6.07) is 21.0. The Morgan fingerprint density at radius 3 is 2.45 bits per heavy atom. The lowest BCUT2D eigenvalue weighted by Gasteiger charge is -2.21. The zero-order chi connectivity index (χ0) is 22.4. The molecular formula is C25H28N4O2. The van der Waals surface area contributed by atoms with Gasteiger partial charge < -0.3 is 21.2 Å². The summed E-state index contributed by atoms with van der Waals surface area (Å²) in [7, 11) is 0. The van der Waals surface area contributed by atoms with E-state index in [4.69, 9.17) is 5.73 Å². The molecular weight excluding hydrogens is 388 g/mol. The summed E-state index contributed by atoms with van der Waals surface area (Å²) in [6.07, 6.45) is 0. The third-order valence-electron chi connectivity index (χ3n) is 5.34. The number of hydrogen-bond acceptors (Lipinski definition) is 4. The largest absolute Gasteiger partial charge is 0.409 e. The maximum absolute atomic E-state index is 13.1. The van der Waals surface area contributed by atoms with Crippen LogP contribution in [0.5, 0.6) is 0 Å². The Morgan fingerprint density at radius 1 is 1.03 bits per heavy atom. The van der Waals surface area contributed by atoms with E-state index >= 15 is 0 Å². The highest BCUT2D eigenvalue weighted by Gasteiger charge is 2.15. The lowest BCUT2D eigenvalue weighted by Crippen LogP contribution is -2.23. The van der Waals surface area contributed by atoms with Crippen molar-refractivity contribution in [2.24, 2.45) is 10.9 Å². The molecule has 0 aromatic heterocycles. The molecule has 0 aliphatic carbocycles. The molecule has 0 aliphatic heterocycles. The highest BCUT2D eigenvalue weighted by atomic mass is 16.4. The molecule has 6 nitrogen and oxygen atoms in total. The van der Waals surface area contributed by atoms with Crippen molar-refractivity contribution in [3.8, 4) is 11.1 Å². The Hall–Kier alpha value is -3.80. The number of oxime groups is 1. The van der Waals surface area contributed by atoms with Crippen molar-refractivity contribution in [1.29, 1.82) is 0 Å². The maximum Gasteiger partial charge on any atom is 0.255 e. The van der Waals surface area contributed by atoms with Crippen LogP contribution in [0.1, 0.15) is 35.3 Å². The Morgan fingerprint density at radius 2 is 1.77 bits per heavy atom. The quantitative estimate of drug-likeness (QED) is 0.222. The molecule has 6 heteroatoms. The lowest BCUT2D eigenvalue weighted by atomic mass is 9.98. The standard InChI is InChI=1S/C25H28N4O2/c1-4-29(5-2)20-11-8-10-19(15-20)25(30)27-23-16-18(13-14-22(23)24(26)28-31)21-12-7-6-9-17(21)3/h6-16,31H,4-5H2,1-3H3,(H2,26,28)(H,27,30). The fourth-order valence-electron chi connectivity index (χ4n) is 3.62. The first-order chi connectivity index (χ1) is 15.0. The van der Waals surface area contributed by atoms with Crippen molar-refractivity contribution < 1.29 is 10.0 Å². The van der Waals surface area contributed by atoms with E-state index < -0.39 is 0 Å². The van der Waals surface area contributed by atoms with Gasteiger partial charge in [0.05, 0.1) is 5.69 Å². The predicted molar refractivity (Wildman–Crippen MR) is 127 cm³/mol. The lowest BCUT2D eigenvalue weighted by molar-refractivity contribution is 0.102. The summed E-state index contributed by atoms with van der Waals surface area (Å²) >= 11 is 0. The van der Waals surface area contributed by atoms with E-state index in [9.17, 15) is 10.0 Å². The second-order valence-corrected chi connectivity index (χ2v) is 7.24. The fourth-order valence-corrected chi connectivity index (χ4v) is 3.62. The molecule has 0 bridgehead atoms. The molecule has 0 heterocycles. The summed E-state index contributed by atoms with van der Waals surface area (Å²) in [5, 5.41) is 15.3. The first-order valence-electron chi connectivity index (χ1n) is 10.3. The molecule has 3 aromatic rings. The van der Waals surface area contributed by atoms with Gasteiger partial charge in [0, 0.05) is 29.9 Å². The monoisotopic (exact) mass is 416 g/mol. The third kappa shape index (κ3) is 4.86. The number of carbonyl (C=O) groups excluding carboxylic acids is 1. The number of rotatable bonds is 7. The number of nitrogens with one attached hydrogen (secondary N) is 1. The molecule has 3 rings (SSSR count). The minimum atomic E-state index is -0.261. The summed E-state index contributed by atoms with van der Waals surface area (Å²) in [4.78, 5) is 15.2. The van der Waals surface area contributed by atoms with E-state index in [1.54, 1.807) is 12.1 Å². The molecule has 3 aromatic carbocycles. The van der Waals surface area contributed by atoms with Crippen LogP contribution < -0.4 is 16.0 Å². The molecule has 0 spiro atoms. The van der Waals surface area contributed by atoms with Crippen molar-refractivity contribution in [3.05, 3.63) is 83.4 Å². The molecule has 1 amide bonds. The van der Waals surface area contributed by atoms with E-state index in [2.05, 4.69) is 29.2 Å². The van der Waals surface area contributed by atoms with E-state index in [1.165, 1.54) is 0 Å². The molecule has 0 atom stereocenters. The van der Waals surface area contributed by atoms with Crippen LogP contribution in [0.3, 0.4) is 0 Å². The Kier molecular flexibility index (Phi) is 6.92. The number of amidine groups is 1. The van der Waals surface area contributed by atoms with Gasteiger partial charge in [-0.3, -0.25) is 4.79 Å². The minimum absolute atomic E-state index is 0.0662. The molecule has 160 valence electrons. The Bertz CT molecular complexity index is 1100. The summed E-state index contributed by atoms with van der Waals surface area (Å²) in [5.74, 6) is -0.327. The third-order valence-corrected chi connectivity index (χ3v) is 5.34. The van der Waals surface area contributed by atoms with Crippen molar-refractivity contribution in [1.82, 2.24) is 0 Å². The molecule has 0 saturated carbocycles. The van der Waals surface area contributed by atoms with Crippen molar-refractivity contribution in [3.63, 3.8) is 0 Å². The summed E-state index contributed by atoms with van der Waals surface area (Å²) in [5.41, 5.74) is 11.4. The van der Waals surface area contributed by atoms with Gasteiger partial charge in [0.15, 0.2) is 5.84 Å². The average molecular weight is 417 g/mol. The number of amides is 1. The van der Waals surface area contributed by atoms with Gasteiger partial charge >= 0.3 is 0 Å². The van der Waals surface area contributed by atoms with E-state index in [-0.39, 0.29) is 11.7 Å². The number of benzene rings is 3. The van der Waals surface area contributed by atoms with Crippen molar-refractivity contribution >= 4 is 23.1 Å². The van der Waals surface area contributed by atoms with Gasteiger partial charge in [-0.15, -0.1) is 0 Å². The van der Waals surface area contributed by atoms with Crippen LogP contribution in [0.15, 0.2) is 71.9 Å². The number of nitrogens with two attached hydrogens (primary N) is 1. The number of hydrogen-bond donors (Lipinski definition) is 3. The highest BCUT2D eigenvalue weighted by molar-refractivity contribution is 6.10. The van der Waals surface area contributed by atoms with Crippen LogP contribution in [0, 0.1) is 6.92 Å². The van der Waals surface area contributed by atoms with Crippen LogP contribution in [0.4, 0.5) is 11.4 Å². The van der Waals surface area contributed by atoms with E-state index in [0.717, 1.165) is 35.5 Å². The zero-order valence-corrected chi connectivity index (χ0v) is 18.1. The van der Waals surface area contributed by atoms with Crippen molar-refractivity contribution in [2.75, 3.05) is 23.3 Å². The number of aryl methyl sites for hydroxylation is 1. The van der Waals surface area contributed by atoms with E-state index in [1.807, 2.05) is 61.5 Å². The first-order valence-corrected chi connectivity index (χ1v) is 10.3. The smallest absolute Gasteiger partial charge is 0.255 e. The van der Waals surface area contributed by atoms with Gasteiger partial charge in [-0.25, -0.2) is 0 Å². The van der Waals surface area contributed by atoms with Crippen LogP contribution in [0.2, 0.25) is 0 Å². The van der Waals surface area contributed by atoms with E-state index in [0.29, 0.717) is 16.8 Å². The van der Waals surface area contributed by atoms with Gasteiger partial charge in [-0.2, -0.15) is 0 Å². The molecule has 0 saturated heterocycles. The highest BCUT2D eigenvalue weighted by Crippen LogP contribution is 2.29. The normalized spacial score (nSPS) is 11.3. The molecule has 4 N–H and O–H groups in total. The van der Waals surface area contributed by atoms with Gasteiger partial charge in [-0.1, -0.05) is 41.6 Å². The second-order valence-electron chi connectivity index (χ2n) is 7.24. The molecule has 31 heavy (non-hydrogen) atoms. The number of nitrogens with zero attached hydrogens (tertiary/aromatic N) is 2. The Balaban J connectivity index is 1.99. The summed E-state index contributed by atoms with van der Waals surface area (Å²) in [6.45, 7) is 7.90. The van der Waals surface area contributed by atoms with Crippen LogP contribution in [-0.4, -0.2) is 30.0 Å². The van der Waals surface area contributed by atoms with Gasteiger partial charge in [-0.05, 0) is 67.8 Å². The number of anilines is 2. The number of carbonyl (C=O) groups is 1. The fraction of sp³-hybridized carbons (Fsp3) is 0.200. The van der Waals surface area contributed by atoms with Crippen LogP contribution in [-0.2, 0) is 0 Å². The Labute approximate surface area is 183 Å². The first kappa shape index (κ1) is 21.9. The molecule has 0 aliphatic rings. The average Bonchev–Trinajstić information content (AvgIpc) is 2.80. The summed E-state index contributed by atoms with van der Waals surface area (Å²) < 4.78 is 0. The maximum atomic E-state index is 13.1. The van der Waals surface area contributed by atoms with Gasteiger partial charge in [0.25, 0.3) is 5.91 Å².